The van der Waals surface area contributed by atoms with Crippen molar-refractivity contribution in [3.05, 3.63) is 52.1 Å². The lowest BCUT2D eigenvalue weighted by molar-refractivity contribution is 0.197. The van der Waals surface area contributed by atoms with Crippen molar-refractivity contribution in [2.75, 3.05) is 6.54 Å². The van der Waals surface area contributed by atoms with Gasteiger partial charge in [0.25, 0.3) is 0 Å². The van der Waals surface area contributed by atoms with Crippen LogP contribution in [0.1, 0.15) is 23.7 Å². The van der Waals surface area contributed by atoms with E-state index < -0.39 is 5.82 Å². The second-order valence-electron chi connectivity index (χ2n) is 5.25. The number of urea groups is 1. The van der Waals surface area contributed by atoms with Gasteiger partial charge in [-0.1, -0.05) is 17.7 Å². The van der Waals surface area contributed by atoms with Crippen molar-refractivity contribution in [3.63, 3.8) is 0 Å². The number of amides is 2. The standard InChI is InChI=1S/C16H20ClFN4O/c1-4-22(10-13-14(17)6-5-7-15(13)18)16(23)19-8-12-9-20-21(3)11(12)2/h5-7,9H,4,8,10H2,1-3H3,(H,19,23). The minimum atomic E-state index is -0.410. The highest BCUT2D eigenvalue weighted by atomic mass is 35.5. The molecule has 0 aliphatic rings. The predicted octanol–water partition coefficient (Wildman–Crippen LogP) is 3.25. The number of aryl methyl sites for hydroxylation is 1. The quantitative estimate of drug-likeness (QED) is 0.909. The third-order valence-corrected chi connectivity index (χ3v) is 4.20. The normalized spacial score (nSPS) is 10.7. The Morgan fingerprint density at radius 2 is 2.22 bits per heavy atom. The van der Waals surface area contributed by atoms with E-state index in [9.17, 15) is 9.18 Å². The number of aromatic nitrogens is 2. The summed E-state index contributed by atoms with van der Waals surface area (Å²) in [5, 5.41) is 7.29. The molecule has 2 rings (SSSR count). The highest BCUT2D eigenvalue weighted by Crippen LogP contribution is 2.20. The molecule has 0 unspecified atom stereocenters. The van der Waals surface area contributed by atoms with Gasteiger partial charge in [-0.3, -0.25) is 4.68 Å². The van der Waals surface area contributed by atoms with E-state index in [0.29, 0.717) is 23.7 Å². The largest absolute Gasteiger partial charge is 0.334 e. The molecule has 23 heavy (non-hydrogen) atoms. The number of benzene rings is 1. The number of nitrogens with one attached hydrogen (secondary N) is 1. The zero-order valence-electron chi connectivity index (χ0n) is 13.4. The summed E-state index contributed by atoms with van der Waals surface area (Å²) in [6.07, 6.45) is 1.72. The van der Waals surface area contributed by atoms with E-state index in [-0.39, 0.29) is 12.6 Å². The highest BCUT2D eigenvalue weighted by molar-refractivity contribution is 6.31. The fourth-order valence-electron chi connectivity index (χ4n) is 2.20. The fraction of sp³-hybridized carbons (Fsp3) is 0.375. The van der Waals surface area contributed by atoms with Crippen LogP contribution in [-0.4, -0.2) is 27.3 Å². The first kappa shape index (κ1) is 17.3. The van der Waals surface area contributed by atoms with Crippen LogP contribution < -0.4 is 5.32 Å². The first-order valence-corrected chi connectivity index (χ1v) is 7.75. The Labute approximate surface area is 140 Å². The molecule has 1 aromatic carbocycles. The molecule has 5 nitrogen and oxygen atoms in total. The zero-order chi connectivity index (χ0) is 17.0. The van der Waals surface area contributed by atoms with E-state index in [1.165, 1.54) is 11.0 Å². The average Bonchev–Trinajstić information content (AvgIpc) is 2.84. The maximum Gasteiger partial charge on any atom is 0.317 e. The SMILES string of the molecule is CCN(Cc1c(F)cccc1Cl)C(=O)NCc1cnn(C)c1C. The lowest BCUT2D eigenvalue weighted by Gasteiger charge is -2.22. The minimum absolute atomic E-state index is 0.125. The Morgan fingerprint density at radius 1 is 1.48 bits per heavy atom. The summed E-state index contributed by atoms with van der Waals surface area (Å²) in [6.45, 7) is 4.72. The summed E-state index contributed by atoms with van der Waals surface area (Å²) in [7, 11) is 1.85. The second-order valence-corrected chi connectivity index (χ2v) is 5.66. The Kier molecular flexibility index (Phi) is 5.60. The molecular weight excluding hydrogens is 319 g/mol. The molecule has 0 fully saturated rings. The van der Waals surface area contributed by atoms with Gasteiger partial charge < -0.3 is 10.2 Å². The molecule has 0 saturated carbocycles. The van der Waals surface area contributed by atoms with Crippen molar-refractivity contribution in [2.24, 2.45) is 7.05 Å². The summed E-state index contributed by atoms with van der Waals surface area (Å²) >= 11 is 6.02. The molecule has 1 N–H and O–H groups in total. The molecule has 0 spiro atoms. The van der Waals surface area contributed by atoms with E-state index in [4.69, 9.17) is 11.6 Å². The molecule has 1 heterocycles. The van der Waals surface area contributed by atoms with Crippen molar-refractivity contribution in [2.45, 2.75) is 26.9 Å². The van der Waals surface area contributed by atoms with Gasteiger partial charge in [-0.2, -0.15) is 5.10 Å². The lowest BCUT2D eigenvalue weighted by Crippen LogP contribution is -2.39. The summed E-state index contributed by atoms with van der Waals surface area (Å²) in [5.74, 6) is -0.410. The molecule has 1 aromatic heterocycles. The molecule has 2 amide bonds. The predicted molar refractivity (Wildman–Crippen MR) is 87.7 cm³/mol. The van der Waals surface area contributed by atoms with Crippen LogP contribution in [0.5, 0.6) is 0 Å². The molecule has 2 aromatic rings. The number of rotatable bonds is 5. The van der Waals surface area contributed by atoms with Gasteiger partial charge in [0.2, 0.25) is 0 Å². The van der Waals surface area contributed by atoms with E-state index in [2.05, 4.69) is 10.4 Å². The van der Waals surface area contributed by atoms with E-state index >= 15 is 0 Å². The molecule has 7 heteroatoms. The maximum atomic E-state index is 13.9. The number of halogens is 2. The molecule has 124 valence electrons. The Hall–Kier alpha value is -2.08. The van der Waals surface area contributed by atoms with E-state index in [1.807, 2.05) is 20.9 Å². The van der Waals surface area contributed by atoms with Gasteiger partial charge in [-0.25, -0.2) is 9.18 Å². The Morgan fingerprint density at radius 3 is 2.78 bits per heavy atom. The van der Waals surface area contributed by atoms with Crippen LogP contribution in [-0.2, 0) is 20.1 Å². The summed E-state index contributed by atoms with van der Waals surface area (Å²) in [5.41, 5.74) is 2.26. The second kappa shape index (κ2) is 7.46. The monoisotopic (exact) mass is 338 g/mol. The first-order valence-electron chi connectivity index (χ1n) is 7.37. The fourth-order valence-corrected chi connectivity index (χ4v) is 2.42. The van der Waals surface area contributed by atoms with Gasteiger partial charge in [0.05, 0.1) is 12.7 Å². The topological polar surface area (TPSA) is 50.2 Å². The molecule has 0 saturated heterocycles. The van der Waals surface area contributed by atoms with Crippen LogP contribution in [0.25, 0.3) is 0 Å². The van der Waals surface area contributed by atoms with Crippen molar-refractivity contribution >= 4 is 17.6 Å². The maximum absolute atomic E-state index is 13.9. The Balaban J connectivity index is 2.03. The summed E-state index contributed by atoms with van der Waals surface area (Å²) < 4.78 is 15.6. The van der Waals surface area contributed by atoms with E-state index in [1.54, 1.807) is 23.0 Å². The van der Waals surface area contributed by atoms with Crippen LogP contribution in [0.15, 0.2) is 24.4 Å². The van der Waals surface area contributed by atoms with E-state index in [0.717, 1.165) is 11.3 Å². The average molecular weight is 339 g/mol. The molecule has 0 radical (unpaired) electrons. The van der Waals surface area contributed by atoms with Crippen molar-refractivity contribution in [3.8, 4) is 0 Å². The van der Waals surface area contributed by atoms with Crippen molar-refractivity contribution < 1.29 is 9.18 Å². The van der Waals surface area contributed by atoms with Crippen molar-refractivity contribution in [1.82, 2.24) is 20.0 Å². The third-order valence-electron chi connectivity index (χ3n) is 3.85. The van der Waals surface area contributed by atoms with Gasteiger partial charge in [0.1, 0.15) is 5.82 Å². The zero-order valence-corrected chi connectivity index (χ0v) is 14.2. The number of hydrogen-bond acceptors (Lipinski definition) is 2. The summed E-state index contributed by atoms with van der Waals surface area (Å²) in [6, 6.07) is 4.23. The van der Waals surface area contributed by atoms with Gasteiger partial charge in [-0.15, -0.1) is 0 Å². The van der Waals surface area contributed by atoms with Crippen LogP contribution in [0.2, 0.25) is 5.02 Å². The smallest absolute Gasteiger partial charge is 0.317 e. The van der Waals surface area contributed by atoms with Crippen molar-refractivity contribution in [1.29, 1.82) is 0 Å². The molecule has 0 aliphatic carbocycles. The lowest BCUT2D eigenvalue weighted by atomic mass is 10.2. The Bertz CT molecular complexity index is 681. The van der Waals surface area contributed by atoms with Gasteiger partial charge >= 0.3 is 6.03 Å². The number of carbonyl (C=O) groups excluding carboxylic acids is 1. The number of nitrogens with zero attached hydrogens (tertiary/aromatic N) is 3. The number of hydrogen-bond donors (Lipinski definition) is 1. The molecule has 0 aliphatic heterocycles. The molecule has 0 atom stereocenters. The van der Waals surface area contributed by atoms with Crippen LogP contribution in [0, 0.1) is 12.7 Å². The molecule has 0 bridgehead atoms. The highest BCUT2D eigenvalue weighted by Gasteiger charge is 2.16. The van der Waals surface area contributed by atoms with Crippen LogP contribution >= 0.6 is 11.6 Å². The van der Waals surface area contributed by atoms with Crippen LogP contribution in [0.4, 0.5) is 9.18 Å². The van der Waals surface area contributed by atoms with Gasteiger partial charge in [0.15, 0.2) is 0 Å². The van der Waals surface area contributed by atoms with Gasteiger partial charge in [0, 0.05) is 42.0 Å². The molecular formula is C16H20ClFN4O. The van der Waals surface area contributed by atoms with Crippen LogP contribution in [0.3, 0.4) is 0 Å². The number of carbonyl (C=O) groups is 1. The first-order chi connectivity index (χ1) is 10.9. The third kappa shape index (κ3) is 4.01. The van der Waals surface area contributed by atoms with Gasteiger partial charge in [-0.05, 0) is 26.0 Å². The summed E-state index contributed by atoms with van der Waals surface area (Å²) in [4.78, 5) is 13.8. The minimum Gasteiger partial charge on any atom is -0.334 e.